The van der Waals surface area contributed by atoms with Crippen molar-refractivity contribution in [3.63, 3.8) is 0 Å². The maximum atomic E-state index is 11.9. The number of fused-ring (bicyclic) bond motifs is 1. The highest BCUT2D eigenvalue weighted by atomic mass is 16.5. The third-order valence-corrected chi connectivity index (χ3v) is 4.31. The average molecular weight is 342 g/mol. The van der Waals surface area contributed by atoms with Crippen LogP contribution in [0, 0.1) is 6.92 Å². The van der Waals surface area contributed by atoms with E-state index in [-0.39, 0.29) is 12.5 Å². The molecule has 1 fully saturated rings. The van der Waals surface area contributed by atoms with Gasteiger partial charge < -0.3 is 9.15 Å². The van der Waals surface area contributed by atoms with Crippen molar-refractivity contribution in [2.45, 2.75) is 45.4 Å². The maximum Gasteiger partial charge on any atom is 0.336 e. The molecule has 0 saturated heterocycles. The predicted octanol–water partition coefficient (Wildman–Crippen LogP) is 3.31. The molecule has 1 amide bonds. The van der Waals surface area contributed by atoms with Gasteiger partial charge in [0.15, 0.2) is 6.61 Å². The molecule has 1 aromatic heterocycles. The summed E-state index contributed by atoms with van der Waals surface area (Å²) in [5.41, 5.74) is 4.49. The summed E-state index contributed by atoms with van der Waals surface area (Å²) in [5.74, 6) is 0.168. The summed E-state index contributed by atoms with van der Waals surface area (Å²) in [6, 6.07) is 6.63. The van der Waals surface area contributed by atoms with Gasteiger partial charge in [-0.15, -0.1) is 0 Å². The second-order valence-electron chi connectivity index (χ2n) is 6.32. The molecule has 3 rings (SSSR count). The highest BCUT2D eigenvalue weighted by molar-refractivity contribution is 5.87. The van der Waals surface area contributed by atoms with Crippen molar-refractivity contribution in [2.24, 2.45) is 5.10 Å². The lowest BCUT2D eigenvalue weighted by Gasteiger charge is -2.07. The van der Waals surface area contributed by atoms with Gasteiger partial charge in [0.05, 0.1) is 0 Å². The first-order valence-corrected chi connectivity index (χ1v) is 8.63. The number of amides is 1. The average Bonchev–Trinajstić information content (AvgIpc) is 2.86. The molecule has 1 saturated carbocycles. The maximum absolute atomic E-state index is 11.9. The second-order valence-corrected chi connectivity index (χ2v) is 6.32. The van der Waals surface area contributed by atoms with Gasteiger partial charge in [-0.1, -0.05) is 12.8 Å². The van der Waals surface area contributed by atoms with Crippen LogP contribution in [0.4, 0.5) is 0 Å². The van der Waals surface area contributed by atoms with Crippen LogP contribution in [0.5, 0.6) is 5.75 Å². The Hall–Kier alpha value is -2.63. The Morgan fingerprint density at radius 2 is 1.96 bits per heavy atom. The Morgan fingerprint density at radius 3 is 2.72 bits per heavy atom. The lowest BCUT2D eigenvalue weighted by atomic mass is 10.1. The molecule has 6 nitrogen and oxygen atoms in total. The van der Waals surface area contributed by atoms with Crippen LogP contribution in [0.15, 0.2) is 38.6 Å². The topological polar surface area (TPSA) is 80.9 Å². The zero-order valence-electron chi connectivity index (χ0n) is 14.3. The fourth-order valence-corrected chi connectivity index (χ4v) is 2.97. The molecule has 1 aliphatic rings. The number of nitrogens with one attached hydrogen (secondary N) is 1. The minimum Gasteiger partial charge on any atom is -0.484 e. The molecule has 0 radical (unpaired) electrons. The minimum absolute atomic E-state index is 0.141. The first-order valence-electron chi connectivity index (χ1n) is 8.63. The number of ether oxygens (including phenoxy) is 1. The number of nitrogens with zero attached hydrogens (tertiary/aromatic N) is 1. The molecule has 0 spiro atoms. The Labute approximate surface area is 145 Å². The normalized spacial score (nSPS) is 14.8. The molecule has 1 heterocycles. The van der Waals surface area contributed by atoms with E-state index in [1.165, 1.54) is 18.9 Å². The van der Waals surface area contributed by atoms with Crippen molar-refractivity contribution in [1.82, 2.24) is 5.43 Å². The molecule has 1 N–H and O–H groups in total. The molecule has 0 atom stereocenters. The number of benzene rings is 1. The standard InChI is InChI=1S/C19H22N2O4/c1-13-10-19(23)25-17-11-15(8-9-16(13)17)24-12-18(22)21-20-14-6-4-2-3-5-7-14/h8-11H,2-7,12H2,1H3,(H,21,22). The number of hydrazone groups is 1. The van der Waals surface area contributed by atoms with Crippen LogP contribution in [0.2, 0.25) is 0 Å². The number of carbonyl (C=O) groups excluding carboxylic acids is 1. The van der Waals surface area contributed by atoms with E-state index in [2.05, 4.69) is 10.5 Å². The molecular weight excluding hydrogens is 320 g/mol. The SMILES string of the molecule is Cc1cc(=O)oc2cc(OCC(=O)NN=C3CCCCCC3)ccc12. The summed E-state index contributed by atoms with van der Waals surface area (Å²) in [5, 5.41) is 5.05. The highest BCUT2D eigenvalue weighted by Gasteiger charge is 2.08. The van der Waals surface area contributed by atoms with Crippen molar-refractivity contribution in [1.29, 1.82) is 0 Å². The van der Waals surface area contributed by atoms with E-state index in [1.54, 1.807) is 12.1 Å². The van der Waals surface area contributed by atoms with Crippen LogP contribution in [-0.2, 0) is 4.79 Å². The van der Waals surface area contributed by atoms with Gasteiger partial charge in [0.2, 0.25) is 0 Å². The van der Waals surface area contributed by atoms with Crippen molar-refractivity contribution < 1.29 is 13.9 Å². The van der Waals surface area contributed by atoms with Crippen molar-refractivity contribution in [3.05, 3.63) is 40.2 Å². The van der Waals surface area contributed by atoms with E-state index < -0.39 is 5.63 Å². The Balaban J connectivity index is 1.59. The van der Waals surface area contributed by atoms with Crippen LogP contribution in [0.25, 0.3) is 11.0 Å². The van der Waals surface area contributed by atoms with E-state index in [0.29, 0.717) is 11.3 Å². The van der Waals surface area contributed by atoms with Crippen LogP contribution in [0.3, 0.4) is 0 Å². The van der Waals surface area contributed by atoms with Gasteiger partial charge in [0.1, 0.15) is 11.3 Å². The zero-order valence-corrected chi connectivity index (χ0v) is 14.3. The van der Waals surface area contributed by atoms with Crippen LogP contribution in [-0.4, -0.2) is 18.2 Å². The van der Waals surface area contributed by atoms with E-state index in [1.807, 2.05) is 13.0 Å². The molecule has 0 unspecified atom stereocenters. The predicted molar refractivity (Wildman–Crippen MR) is 96.0 cm³/mol. The number of rotatable bonds is 4. The number of hydrogen-bond donors (Lipinski definition) is 1. The molecule has 1 aliphatic carbocycles. The van der Waals surface area contributed by atoms with Gasteiger partial charge in [-0.2, -0.15) is 5.10 Å². The molecule has 25 heavy (non-hydrogen) atoms. The largest absolute Gasteiger partial charge is 0.484 e. The quantitative estimate of drug-likeness (QED) is 0.525. The zero-order chi connectivity index (χ0) is 17.6. The summed E-state index contributed by atoms with van der Waals surface area (Å²) in [7, 11) is 0. The molecular formula is C19H22N2O4. The van der Waals surface area contributed by atoms with E-state index in [4.69, 9.17) is 9.15 Å². The summed E-state index contributed by atoms with van der Waals surface area (Å²) >= 11 is 0. The fraction of sp³-hybridized carbons (Fsp3) is 0.421. The molecule has 1 aromatic carbocycles. The van der Waals surface area contributed by atoms with Crippen molar-refractivity contribution in [3.8, 4) is 5.75 Å². The molecule has 0 bridgehead atoms. The molecule has 6 heteroatoms. The van der Waals surface area contributed by atoms with Gasteiger partial charge in [0.25, 0.3) is 5.91 Å². The summed E-state index contributed by atoms with van der Waals surface area (Å²) in [6.07, 6.45) is 6.62. The van der Waals surface area contributed by atoms with E-state index in [9.17, 15) is 9.59 Å². The first kappa shape index (κ1) is 17.2. The number of hydrogen-bond acceptors (Lipinski definition) is 5. The smallest absolute Gasteiger partial charge is 0.336 e. The lowest BCUT2D eigenvalue weighted by Crippen LogP contribution is -2.25. The van der Waals surface area contributed by atoms with Crippen molar-refractivity contribution in [2.75, 3.05) is 6.61 Å². The van der Waals surface area contributed by atoms with Gasteiger partial charge in [-0.25, -0.2) is 10.2 Å². The molecule has 132 valence electrons. The van der Waals surface area contributed by atoms with Gasteiger partial charge in [0, 0.05) is 23.2 Å². The Bertz CT molecular complexity index is 844. The number of carbonyl (C=O) groups is 1. The Kier molecular flexibility index (Phi) is 5.48. The van der Waals surface area contributed by atoms with Crippen LogP contribution >= 0.6 is 0 Å². The third kappa shape index (κ3) is 4.68. The van der Waals surface area contributed by atoms with E-state index >= 15 is 0 Å². The second kappa shape index (κ2) is 7.96. The lowest BCUT2D eigenvalue weighted by molar-refractivity contribution is -0.123. The number of aryl methyl sites for hydroxylation is 1. The van der Waals surface area contributed by atoms with Gasteiger partial charge in [-0.05, 0) is 50.3 Å². The van der Waals surface area contributed by atoms with Gasteiger partial charge in [-0.3, -0.25) is 4.79 Å². The Morgan fingerprint density at radius 1 is 1.20 bits per heavy atom. The highest BCUT2D eigenvalue weighted by Crippen LogP contribution is 2.22. The minimum atomic E-state index is -0.404. The molecule has 2 aromatic rings. The summed E-state index contributed by atoms with van der Waals surface area (Å²) in [6.45, 7) is 1.71. The van der Waals surface area contributed by atoms with E-state index in [0.717, 1.165) is 42.3 Å². The summed E-state index contributed by atoms with van der Waals surface area (Å²) in [4.78, 5) is 23.4. The van der Waals surface area contributed by atoms with Crippen LogP contribution < -0.4 is 15.8 Å². The van der Waals surface area contributed by atoms with Crippen LogP contribution in [0.1, 0.15) is 44.1 Å². The summed E-state index contributed by atoms with van der Waals surface area (Å²) < 4.78 is 10.6. The van der Waals surface area contributed by atoms with Crippen molar-refractivity contribution >= 4 is 22.6 Å². The van der Waals surface area contributed by atoms with Gasteiger partial charge >= 0.3 is 5.63 Å². The molecule has 0 aliphatic heterocycles. The third-order valence-electron chi connectivity index (χ3n) is 4.31. The fourth-order valence-electron chi connectivity index (χ4n) is 2.97. The first-order chi connectivity index (χ1) is 12.1. The monoisotopic (exact) mass is 342 g/mol.